The van der Waals surface area contributed by atoms with Crippen LogP contribution in [0.2, 0.25) is 0 Å². The van der Waals surface area contributed by atoms with Crippen LogP contribution in [0.4, 0.5) is 10.5 Å². The van der Waals surface area contributed by atoms with Crippen LogP contribution in [0, 0.1) is 0 Å². The number of rotatable bonds is 6. The van der Waals surface area contributed by atoms with Gasteiger partial charge in [-0.05, 0) is 48.9 Å². The van der Waals surface area contributed by atoms with Crippen molar-refractivity contribution in [2.24, 2.45) is 0 Å². The highest BCUT2D eigenvalue weighted by atomic mass is 16.5. The van der Waals surface area contributed by atoms with E-state index in [1.807, 2.05) is 36.4 Å². The van der Waals surface area contributed by atoms with Gasteiger partial charge in [-0.25, -0.2) is 9.69 Å². The second-order valence-corrected chi connectivity index (χ2v) is 7.11. The van der Waals surface area contributed by atoms with Gasteiger partial charge in [-0.3, -0.25) is 9.59 Å². The van der Waals surface area contributed by atoms with Crippen molar-refractivity contribution in [3.8, 4) is 11.5 Å². The molecule has 0 spiro atoms. The molecular formula is C24H21N3O4. The number of hydrogen-bond donors (Lipinski definition) is 2. The van der Waals surface area contributed by atoms with E-state index in [9.17, 15) is 14.4 Å². The number of carbonyl (C=O) groups is 3. The van der Waals surface area contributed by atoms with Crippen molar-refractivity contribution < 1.29 is 19.1 Å². The van der Waals surface area contributed by atoms with Gasteiger partial charge >= 0.3 is 6.03 Å². The van der Waals surface area contributed by atoms with Crippen molar-refractivity contribution in [2.45, 2.75) is 19.0 Å². The van der Waals surface area contributed by atoms with E-state index in [1.165, 1.54) is 6.92 Å². The highest BCUT2D eigenvalue weighted by Crippen LogP contribution is 2.25. The molecule has 3 aromatic rings. The molecule has 4 rings (SSSR count). The number of nitrogens with one attached hydrogen (secondary N) is 2. The van der Waals surface area contributed by atoms with Crippen LogP contribution < -0.4 is 15.4 Å². The molecular weight excluding hydrogens is 394 g/mol. The van der Waals surface area contributed by atoms with Crippen LogP contribution in [0.5, 0.6) is 11.5 Å². The smallest absolute Gasteiger partial charge is 0.325 e. The molecule has 3 aromatic carbocycles. The molecule has 0 saturated carbocycles. The maximum Gasteiger partial charge on any atom is 0.325 e. The lowest BCUT2D eigenvalue weighted by molar-refractivity contribution is -0.133. The van der Waals surface area contributed by atoms with Crippen molar-refractivity contribution in [2.75, 3.05) is 5.32 Å². The van der Waals surface area contributed by atoms with Gasteiger partial charge in [-0.1, -0.05) is 48.5 Å². The number of urea groups is 1. The first-order chi connectivity index (χ1) is 15.0. The number of imide groups is 1. The fourth-order valence-corrected chi connectivity index (χ4v) is 3.33. The number of amides is 4. The molecule has 7 heteroatoms. The highest BCUT2D eigenvalue weighted by molar-refractivity contribution is 6.09. The van der Waals surface area contributed by atoms with E-state index < -0.39 is 29.9 Å². The lowest BCUT2D eigenvalue weighted by Gasteiger charge is -2.21. The number of ether oxygens (including phenoxy) is 1. The Balaban J connectivity index is 1.40. The van der Waals surface area contributed by atoms with Gasteiger partial charge in [0.25, 0.3) is 5.91 Å². The van der Waals surface area contributed by atoms with Crippen LogP contribution in [-0.4, -0.2) is 28.8 Å². The Morgan fingerprint density at radius 2 is 1.48 bits per heavy atom. The van der Waals surface area contributed by atoms with E-state index in [2.05, 4.69) is 10.6 Å². The van der Waals surface area contributed by atoms with Crippen molar-refractivity contribution >= 4 is 23.5 Å². The average Bonchev–Trinajstić information content (AvgIpc) is 3.09. The number of nitrogens with zero attached hydrogens (tertiary/aromatic N) is 1. The van der Waals surface area contributed by atoms with Crippen molar-refractivity contribution in [1.29, 1.82) is 0 Å². The third kappa shape index (κ3) is 4.40. The monoisotopic (exact) mass is 415 g/mol. The summed E-state index contributed by atoms with van der Waals surface area (Å²) in [5.74, 6) is 0.413. The van der Waals surface area contributed by atoms with Crippen LogP contribution in [0.3, 0.4) is 0 Å². The van der Waals surface area contributed by atoms with Gasteiger partial charge in [-0.2, -0.15) is 0 Å². The van der Waals surface area contributed by atoms with Gasteiger partial charge in [0, 0.05) is 5.69 Å². The van der Waals surface area contributed by atoms with E-state index in [-0.39, 0.29) is 0 Å². The Hall–Kier alpha value is -4.13. The largest absolute Gasteiger partial charge is 0.457 e. The summed E-state index contributed by atoms with van der Waals surface area (Å²) in [6, 6.07) is 22.8. The summed E-state index contributed by atoms with van der Waals surface area (Å²) in [7, 11) is 0. The quantitative estimate of drug-likeness (QED) is 0.594. The minimum absolute atomic E-state index is 0.453. The van der Waals surface area contributed by atoms with E-state index in [0.717, 1.165) is 4.90 Å². The van der Waals surface area contributed by atoms with Gasteiger partial charge in [-0.15, -0.1) is 0 Å². The number of anilines is 1. The summed E-state index contributed by atoms with van der Waals surface area (Å²) in [4.78, 5) is 38.8. The zero-order valence-electron chi connectivity index (χ0n) is 16.8. The lowest BCUT2D eigenvalue weighted by atomic mass is 10.1. The molecule has 2 N–H and O–H groups in total. The van der Waals surface area contributed by atoms with Gasteiger partial charge in [0.05, 0.1) is 0 Å². The maximum atomic E-state index is 12.8. The van der Waals surface area contributed by atoms with Gasteiger partial charge in [0.2, 0.25) is 5.91 Å². The summed E-state index contributed by atoms with van der Waals surface area (Å²) >= 11 is 0. The Kier molecular flexibility index (Phi) is 5.66. The molecule has 1 heterocycles. The molecule has 0 aromatic heterocycles. The first-order valence-electron chi connectivity index (χ1n) is 9.85. The van der Waals surface area contributed by atoms with Crippen LogP contribution in [0.1, 0.15) is 18.5 Å². The second kappa shape index (κ2) is 8.71. The molecule has 0 aliphatic carbocycles. The molecule has 2 unspecified atom stereocenters. The molecule has 0 radical (unpaired) electrons. The zero-order valence-corrected chi connectivity index (χ0v) is 16.8. The Bertz CT molecular complexity index is 1080. The summed E-state index contributed by atoms with van der Waals surface area (Å²) in [5, 5.41) is 5.38. The van der Waals surface area contributed by atoms with Crippen LogP contribution in [0.25, 0.3) is 0 Å². The first-order valence-corrected chi connectivity index (χ1v) is 9.85. The van der Waals surface area contributed by atoms with Crippen molar-refractivity contribution in [3.05, 3.63) is 90.5 Å². The standard InChI is InChI=1S/C24H21N3O4/c1-16(27-23(29)21(26-24(27)30)17-8-4-2-5-9-17)22(28)25-18-12-14-20(15-13-18)31-19-10-6-3-7-11-19/h2-16,21H,1H3,(H,25,28)(H,26,30). The predicted octanol–water partition coefficient (Wildman–Crippen LogP) is 4.10. The SMILES string of the molecule is CC(C(=O)Nc1ccc(Oc2ccccc2)cc1)N1C(=O)NC(c2ccccc2)C1=O. The van der Waals surface area contributed by atoms with E-state index in [0.29, 0.717) is 22.7 Å². The highest BCUT2D eigenvalue weighted by Gasteiger charge is 2.43. The lowest BCUT2D eigenvalue weighted by Crippen LogP contribution is -2.45. The van der Waals surface area contributed by atoms with Crippen molar-refractivity contribution in [1.82, 2.24) is 10.2 Å². The normalized spacial score (nSPS) is 16.5. The minimum Gasteiger partial charge on any atom is -0.457 e. The Labute approximate surface area is 179 Å². The van der Waals surface area contributed by atoms with E-state index >= 15 is 0 Å². The molecule has 1 aliphatic heterocycles. The summed E-state index contributed by atoms with van der Waals surface area (Å²) in [6.07, 6.45) is 0. The van der Waals surface area contributed by atoms with E-state index in [1.54, 1.807) is 48.5 Å². The predicted molar refractivity (Wildman–Crippen MR) is 116 cm³/mol. The molecule has 1 saturated heterocycles. The van der Waals surface area contributed by atoms with Crippen LogP contribution >= 0.6 is 0 Å². The van der Waals surface area contributed by atoms with Gasteiger partial charge in [0.15, 0.2) is 0 Å². The van der Waals surface area contributed by atoms with Gasteiger partial charge in [0.1, 0.15) is 23.6 Å². The fraction of sp³-hybridized carbons (Fsp3) is 0.125. The molecule has 1 aliphatic rings. The number of para-hydroxylation sites is 1. The third-order valence-electron chi connectivity index (χ3n) is 4.97. The van der Waals surface area contributed by atoms with Crippen LogP contribution in [-0.2, 0) is 9.59 Å². The second-order valence-electron chi connectivity index (χ2n) is 7.11. The molecule has 0 bridgehead atoms. The Morgan fingerprint density at radius 1 is 0.903 bits per heavy atom. The third-order valence-corrected chi connectivity index (χ3v) is 4.97. The summed E-state index contributed by atoms with van der Waals surface area (Å²) in [5.41, 5.74) is 1.20. The Morgan fingerprint density at radius 3 is 2.13 bits per heavy atom. The topological polar surface area (TPSA) is 87.7 Å². The first kappa shape index (κ1) is 20.2. The molecule has 156 valence electrons. The fourth-order valence-electron chi connectivity index (χ4n) is 3.33. The molecule has 7 nitrogen and oxygen atoms in total. The number of carbonyl (C=O) groups excluding carboxylic acids is 3. The maximum absolute atomic E-state index is 12.8. The zero-order chi connectivity index (χ0) is 21.8. The molecule has 2 atom stereocenters. The number of benzene rings is 3. The van der Waals surface area contributed by atoms with Gasteiger partial charge < -0.3 is 15.4 Å². The van der Waals surface area contributed by atoms with Crippen molar-refractivity contribution in [3.63, 3.8) is 0 Å². The van der Waals surface area contributed by atoms with E-state index in [4.69, 9.17) is 4.74 Å². The molecule has 31 heavy (non-hydrogen) atoms. The average molecular weight is 415 g/mol. The molecule has 4 amide bonds. The minimum atomic E-state index is -0.971. The van der Waals surface area contributed by atoms with Crippen LogP contribution in [0.15, 0.2) is 84.9 Å². The summed E-state index contributed by atoms with van der Waals surface area (Å²) < 4.78 is 5.73. The molecule has 1 fully saturated rings. The number of hydrogen-bond acceptors (Lipinski definition) is 4. The summed E-state index contributed by atoms with van der Waals surface area (Å²) in [6.45, 7) is 1.52.